The van der Waals surface area contributed by atoms with Gasteiger partial charge in [-0.25, -0.2) is 0 Å². The quantitative estimate of drug-likeness (QED) is 0.768. The van der Waals surface area contributed by atoms with Crippen LogP contribution in [-0.4, -0.2) is 25.9 Å². The van der Waals surface area contributed by atoms with Gasteiger partial charge in [0.1, 0.15) is 6.61 Å². The summed E-state index contributed by atoms with van der Waals surface area (Å²) in [6, 6.07) is 1.72. The Morgan fingerprint density at radius 3 is 2.72 bits per heavy atom. The van der Waals surface area contributed by atoms with Crippen LogP contribution in [0.25, 0.3) is 0 Å². The number of alkyl halides is 3. The molecule has 1 N–H and O–H groups in total. The van der Waals surface area contributed by atoms with Crippen molar-refractivity contribution in [3.8, 4) is 0 Å². The van der Waals surface area contributed by atoms with Gasteiger partial charge in [0.15, 0.2) is 0 Å². The molecule has 1 heterocycles. The fourth-order valence-electron chi connectivity index (χ4n) is 1.52. The lowest BCUT2D eigenvalue weighted by atomic mass is 10.2. The largest absolute Gasteiger partial charge is 0.411 e. The summed E-state index contributed by atoms with van der Waals surface area (Å²) >= 11 is 7.49. The smallest absolute Gasteiger partial charge is 0.372 e. The molecule has 0 bridgehead atoms. The zero-order valence-electron chi connectivity index (χ0n) is 9.89. The Balaban J connectivity index is 2.42. The third kappa shape index (κ3) is 5.56. The van der Waals surface area contributed by atoms with E-state index in [1.807, 2.05) is 12.3 Å². The summed E-state index contributed by atoms with van der Waals surface area (Å²) in [7, 11) is 0. The molecule has 0 spiro atoms. The highest BCUT2D eigenvalue weighted by Gasteiger charge is 2.27. The van der Waals surface area contributed by atoms with Crippen LogP contribution in [0.1, 0.15) is 24.3 Å². The molecule has 18 heavy (non-hydrogen) atoms. The van der Waals surface area contributed by atoms with E-state index in [-0.39, 0.29) is 12.6 Å². The van der Waals surface area contributed by atoms with E-state index in [2.05, 4.69) is 10.1 Å². The van der Waals surface area contributed by atoms with Crippen LogP contribution in [0.4, 0.5) is 13.2 Å². The third-order valence-electron chi connectivity index (χ3n) is 2.23. The molecule has 0 aliphatic rings. The normalized spacial score (nSPS) is 13.8. The number of hydrogen-bond acceptors (Lipinski definition) is 3. The number of thiophene rings is 1. The van der Waals surface area contributed by atoms with E-state index in [9.17, 15) is 13.2 Å². The lowest BCUT2D eigenvalue weighted by Crippen LogP contribution is -2.23. The second-order valence-corrected chi connectivity index (χ2v) is 5.05. The minimum atomic E-state index is -4.27. The molecule has 1 atom stereocenters. The monoisotopic (exact) mass is 301 g/mol. The first-order chi connectivity index (χ1) is 8.44. The van der Waals surface area contributed by atoms with Gasteiger partial charge in [0.05, 0.1) is 5.02 Å². The molecular weight excluding hydrogens is 287 g/mol. The minimum Gasteiger partial charge on any atom is -0.372 e. The third-order valence-corrected chi connectivity index (χ3v) is 3.70. The van der Waals surface area contributed by atoms with Gasteiger partial charge < -0.3 is 10.1 Å². The number of rotatable bonds is 7. The highest BCUT2D eigenvalue weighted by Crippen LogP contribution is 2.30. The van der Waals surface area contributed by atoms with Crippen molar-refractivity contribution in [3.63, 3.8) is 0 Å². The van der Waals surface area contributed by atoms with E-state index < -0.39 is 12.8 Å². The molecule has 2 nitrogen and oxygen atoms in total. The zero-order chi connectivity index (χ0) is 13.6. The van der Waals surface area contributed by atoms with E-state index >= 15 is 0 Å². The van der Waals surface area contributed by atoms with E-state index in [1.165, 1.54) is 11.3 Å². The second kappa shape index (κ2) is 7.33. The molecule has 1 aromatic rings. The van der Waals surface area contributed by atoms with Crippen molar-refractivity contribution >= 4 is 22.9 Å². The van der Waals surface area contributed by atoms with Gasteiger partial charge in [-0.2, -0.15) is 13.2 Å². The number of nitrogens with one attached hydrogen (secondary N) is 1. The lowest BCUT2D eigenvalue weighted by molar-refractivity contribution is -0.174. The van der Waals surface area contributed by atoms with E-state index in [1.54, 1.807) is 6.07 Å². The van der Waals surface area contributed by atoms with Crippen molar-refractivity contribution in [1.29, 1.82) is 0 Å². The molecule has 1 aromatic heterocycles. The van der Waals surface area contributed by atoms with Crippen molar-refractivity contribution in [2.75, 3.05) is 19.8 Å². The summed E-state index contributed by atoms with van der Waals surface area (Å²) in [6.45, 7) is 1.50. The van der Waals surface area contributed by atoms with Crippen LogP contribution in [0.15, 0.2) is 11.4 Å². The van der Waals surface area contributed by atoms with Gasteiger partial charge in [-0.15, -0.1) is 11.3 Å². The molecule has 0 amide bonds. The Labute approximate surface area is 113 Å². The van der Waals surface area contributed by atoms with Crippen LogP contribution in [0.3, 0.4) is 0 Å². The van der Waals surface area contributed by atoms with Crippen LogP contribution in [0.5, 0.6) is 0 Å². The fraction of sp³-hybridized carbons (Fsp3) is 0.636. The highest BCUT2D eigenvalue weighted by atomic mass is 35.5. The molecular formula is C11H15ClF3NOS. The number of ether oxygens (including phenoxy) is 1. The van der Waals surface area contributed by atoms with Gasteiger partial charge in [0, 0.05) is 17.5 Å². The lowest BCUT2D eigenvalue weighted by Gasteiger charge is -2.17. The first-order valence-electron chi connectivity index (χ1n) is 5.54. The van der Waals surface area contributed by atoms with Gasteiger partial charge in [-0.05, 0) is 24.4 Å². The molecule has 104 valence electrons. The summed E-state index contributed by atoms with van der Waals surface area (Å²) in [5, 5.41) is 5.69. The topological polar surface area (TPSA) is 21.3 Å². The van der Waals surface area contributed by atoms with Crippen molar-refractivity contribution in [3.05, 3.63) is 21.3 Å². The maximum Gasteiger partial charge on any atom is 0.411 e. The van der Waals surface area contributed by atoms with Crippen LogP contribution in [-0.2, 0) is 4.74 Å². The molecule has 0 aliphatic heterocycles. The van der Waals surface area contributed by atoms with Gasteiger partial charge in [0.25, 0.3) is 0 Å². The van der Waals surface area contributed by atoms with Crippen LogP contribution in [0.2, 0.25) is 5.02 Å². The molecule has 0 aliphatic carbocycles. The molecule has 1 unspecified atom stereocenters. The summed E-state index contributed by atoms with van der Waals surface area (Å²) in [4.78, 5) is 0.939. The molecule has 0 fully saturated rings. The van der Waals surface area contributed by atoms with E-state index in [0.717, 1.165) is 11.4 Å². The first-order valence-corrected chi connectivity index (χ1v) is 6.80. The fourth-order valence-corrected chi connectivity index (χ4v) is 2.82. The van der Waals surface area contributed by atoms with Gasteiger partial charge in [0.2, 0.25) is 0 Å². The number of hydrogen-bond donors (Lipinski definition) is 1. The Hall–Kier alpha value is -0.300. The van der Waals surface area contributed by atoms with Crippen molar-refractivity contribution in [1.82, 2.24) is 5.32 Å². The van der Waals surface area contributed by atoms with Gasteiger partial charge in [-0.3, -0.25) is 0 Å². The Morgan fingerprint density at radius 1 is 1.50 bits per heavy atom. The van der Waals surface area contributed by atoms with Crippen LogP contribution < -0.4 is 5.32 Å². The summed E-state index contributed by atoms with van der Waals surface area (Å²) in [5.41, 5.74) is 0. The Bertz CT molecular complexity index is 356. The predicted molar refractivity (Wildman–Crippen MR) is 67.2 cm³/mol. The molecule has 1 rings (SSSR count). The first kappa shape index (κ1) is 15.8. The SMILES string of the molecule is CCNC(CCOCC(F)(F)F)c1sccc1Cl. The Morgan fingerprint density at radius 2 is 2.22 bits per heavy atom. The maximum atomic E-state index is 11.9. The minimum absolute atomic E-state index is 0.0470. The summed E-state index contributed by atoms with van der Waals surface area (Å²) < 4.78 is 40.3. The average Bonchev–Trinajstić information content (AvgIpc) is 2.68. The average molecular weight is 302 g/mol. The summed E-state index contributed by atoms with van der Waals surface area (Å²) in [6.07, 6.45) is -3.81. The van der Waals surface area contributed by atoms with Gasteiger partial charge in [-0.1, -0.05) is 18.5 Å². The second-order valence-electron chi connectivity index (χ2n) is 3.70. The molecule has 0 aromatic carbocycles. The standard InChI is InChI=1S/C11H15ClF3NOS/c1-2-16-9(10-8(12)4-6-18-10)3-5-17-7-11(13,14)15/h4,6,9,16H,2-3,5,7H2,1H3. The molecule has 0 saturated heterocycles. The molecule has 7 heteroatoms. The van der Waals surface area contributed by atoms with E-state index in [4.69, 9.17) is 11.6 Å². The van der Waals surface area contributed by atoms with Crippen molar-refractivity contribution < 1.29 is 17.9 Å². The Kier molecular flexibility index (Phi) is 6.42. The van der Waals surface area contributed by atoms with Crippen LogP contribution in [0, 0.1) is 0 Å². The number of halogens is 4. The predicted octanol–water partition coefficient (Wildman–Crippen LogP) is 4.02. The summed E-state index contributed by atoms with van der Waals surface area (Å²) in [5.74, 6) is 0. The van der Waals surface area contributed by atoms with E-state index in [0.29, 0.717) is 11.4 Å². The molecule has 0 radical (unpaired) electrons. The van der Waals surface area contributed by atoms with Crippen molar-refractivity contribution in [2.45, 2.75) is 25.6 Å². The zero-order valence-corrected chi connectivity index (χ0v) is 11.5. The maximum absolute atomic E-state index is 11.9. The van der Waals surface area contributed by atoms with Crippen LogP contribution >= 0.6 is 22.9 Å². The van der Waals surface area contributed by atoms with Gasteiger partial charge >= 0.3 is 6.18 Å². The highest BCUT2D eigenvalue weighted by molar-refractivity contribution is 7.10. The molecule has 0 saturated carbocycles. The van der Waals surface area contributed by atoms with Crippen molar-refractivity contribution in [2.24, 2.45) is 0 Å².